The zero-order valence-electron chi connectivity index (χ0n) is 12.7. The first kappa shape index (κ1) is 17.3. The van der Waals surface area contributed by atoms with Crippen LogP contribution in [0.3, 0.4) is 0 Å². The van der Waals surface area contributed by atoms with E-state index in [9.17, 15) is 20.5 Å². The lowest BCUT2D eigenvalue weighted by atomic mass is 10.0. The second-order valence-corrected chi connectivity index (χ2v) is 5.17. The van der Waals surface area contributed by atoms with Gasteiger partial charge in [0.25, 0.3) is 5.69 Å². The number of nitriles is 1. The largest absolute Gasteiger partial charge is 0.503 e. The van der Waals surface area contributed by atoms with Crippen LogP contribution in [0.1, 0.15) is 18.1 Å². The number of nitro groups is 1. The molecule has 0 aliphatic carbocycles. The molecule has 2 aromatic carbocycles. The number of non-ortho nitro benzene ring substituents is 1. The normalized spacial score (nSPS) is 11.0. The summed E-state index contributed by atoms with van der Waals surface area (Å²) in [6.07, 6.45) is 1.52. The maximum Gasteiger partial charge on any atom is 0.270 e. The first-order valence-corrected chi connectivity index (χ1v) is 7.36. The summed E-state index contributed by atoms with van der Waals surface area (Å²) in [5, 5.41) is 30.2. The third-order valence-corrected chi connectivity index (χ3v) is 3.44. The van der Waals surface area contributed by atoms with Crippen molar-refractivity contribution in [3.8, 4) is 17.6 Å². The van der Waals surface area contributed by atoms with Crippen molar-refractivity contribution in [1.29, 1.82) is 5.26 Å². The molecular formula is C17H13ClN2O4. The van der Waals surface area contributed by atoms with Crippen molar-refractivity contribution in [2.24, 2.45) is 0 Å². The minimum atomic E-state index is -0.525. The number of nitrogens with zero attached hydrogens (tertiary/aromatic N) is 2. The van der Waals surface area contributed by atoms with E-state index >= 15 is 0 Å². The van der Waals surface area contributed by atoms with E-state index in [1.165, 1.54) is 30.3 Å². The van der Waals surface area contributed by atoms with Gasteiger partial charge in [-0.15, -0.1) is 0 Å². The standard InChI is InChI=1S/C17H13ClN2O4/c1-2-24-16-8-11(7-15(18)17(16)21)6-13(10-19)12-4-3-5-14(9-12)20(22)23/h3-9,21H,2H2,1H3. The summed E-state index contributed by atoms with van der Waals surface area (Å²) in [6.45, 7) is 2.10. The third-order valence-electron chi connectivity index (χ3n) is 3.15. The number of aromatic hydroxyl groups is 1. The van der Waals surface area contributed by atoms with E-state index in [1.54, 1.807) is 19.1 Å². The molecular weight excluding hydrogens is 332 g/mol. The number of rotatable bonds is 5. The molecule has 0 unspecified atom stereocenters. The van der Waals surface area contributed by atoms with Crippen molar-refractivity contribution in [1.82, 2.24) is 0 Å². The molecule has 122 valence electrons. The molecule has 6 nitrogen and oxygen atoms in total. The van der Waals surface area contributed by atoms with Crippen molar-refractivity contribution in [2.45, 2.75) is 6.92 Å². The van der Waals surface area contributed by atoms with Crippen LogP contribution >= 0.6 is 11.6 Å². The monoisotopic (exact) mass is 344 g/mol. The maximum atomic E-state index is 10.9. The maximum absolute atomic E-state index is 10.9. The average Bonchev–Trinajstić information content (AvgIpc) is 2.57. The van der Waals surface area contributed by atoms with Crippen LogP contribution in [-0.4, -0.2) is 16.6 Å². The number of benzene rings is 2. The van der Waals surface area contributed by atoms with Crippen LogP contribution in [-0.2, 0) is 0 Å². The van der Waals surface area contributed by atoms with Gasteiger partial charge in [0, 0.05) is 12.1 Å². The molecule has 7 heteroatoms. The first-order chi connectivity index (χ1) is 11.5. The molecule has 0 aliphatic rings. The fraction of sp³-hybridized carbons (Fsp3) is 0.118. The lowest BCUT2D eigenvalue weighted by molar-refractivity contribution is -0.384. The van der Waals surface area contributed by atoms with Crippen LogP contribution in [0.25, 0.3) is 11.6 Å². The summed E-state index contributed by atoms with van der Waals surface area (Å²) in [5.74, 6) is 0.0251. The smallest absolute Gasteiger partial charge is 0.270 e. The lowest BCUT2D eigenvalue weighted by Gasteiger charge is -2.09. The molecule has 0 aromatic heterocycles. The molecule has 0 saturated heterocycles. The fourth-order valence-electron chi connectivity index (χ4n) is 2.08. The van der Waals surface area contributed by atoms with Gasteiger partial charge in [-0.3, -0.25) is 10.1 Å². The van der Waals surface area contributed by atoms with Gasteiger partial charge in [0.15, 0.2) is 11.5 Å². The zero-order valence-corrected chi connectivity index (χ0v) is 13.4. The Morgan fingerprint density at radius 3 is 2.83 bits per heavy atom. The molecule has 2 rings (SSSR count). The minimum absolute atomic E-state index is 0.0866. The molecule has 0 spiro atoms. The Bertz CT molecular complexity index is 856. The summed E-state index contributed by atoms with van der Waals surface area (Å²) in [7, 11) is 0. The third kappa shape index (κ3) is 3.83. The molecule has 0 fully saturated rings. The number of nitro benzene ring substituents is 1. The summed E-state index contributed by atoms with van der Waals surface area (Å²) in [6, 6.07) is 10.8. The first-order valence-electron chi connectivity index (χ1n) is 6.98. The van der Waals surface area contributed by atoms with Gasteiger partial charge in [-0.2, -0.15) is 5.26 Å². The molecule has 2 aromatic rings. The van der Waals surface area contributed by atoms with Gasteiger partial charge in [-0.25, -0.2) is 0 Å². The quantitative estimate of drug-likeness (QED) is 0.375. The second-order valence-electron chi connectivity index (χ2n) is 4.76. The van der Waals surface area contributed by atoms with Crippen molar-refractivity contribution >= 4 is 28.9 Å². The van der Waals surface area contributed by atoms with Gasteiger partial charge in [-0.05, 0) is 36.3 Å². The Kier molecular flexibility index (Phi) is 5.40. The topological polar surface area (TPSA) is 96.4 Å². The molecule has 0 bridgehead atoms. The van der Waals surface area contributed by atoms with E-state index in [4.69, 9.17) is 16.3 Å². The molecule has 0 aliphatic heterocycles. The Hall–Kier alpha value is -3.04. The summed E-state index contributed by atoms with van der Waals surface area (Å²) in [4.78, 5) is 10.3. The Morgan fingerprint density at radius 2 is 2.21 bits per heavy atom. The number of hydrogen-bond acceptors (Lipinski definition) is 5. The van der Waals surface area contributed by atoms with Gasteiger partial charge in [0.1, 0.15) is 0 Å². The zero-order chi connectivity index (χ0) is 17.7. The van der Waals surface area contributed by atoms with Crippen LogP contribution in [0.2, 0.25) is 5.02 Å². The molecule has 1 N–H and O–H groups in total. The van der Waals surface area contributed by atoms with E-state index in [-0.39, 0.29) is 27.8 Å². The Labute approximate surface area is 143 Å². The van der Waals surface area contributed by atoms with E-state index < -0.39 is 4.92 Å². The second kappa shape index (κ2) is 7.49. The molecule has 0 atom stereocenters. The SMILES string of the molecule is CCOc1cc(C=C(C#N)c2cccc([N+](=O)[O-])c2)cc(Cl)c1O. The number of allylic oxidation sites excluding steroid dienone is 1. The molecule has 0 amide bonds. The highest BCUT2D eigenvalue weighted by atomic mass is 35.5. The van der Waals surface area contributed by atoms with E-state index in [2.05, 4.69) is 0 Å². The highest BCUT2D eigenvalue weighted by molar-refractivity contribution is 6.32. The summed E-state index contributed by atoms with van der Waals surface area (Å²) in [5.41, 5.74) is 1.06. The van der Waals surface area contributed by atoms with Crippen LogP contribution in [0.5, 0.6) is 11.5 Å². The highest BCUT2D eigenvalue weighted by Crippen LogP contribution is 2.36. The summed E-state index contributed by atoms with van der Waals surface area (Å²) >= 11 is 5.96. The van der Waals surface area contributed by atoms with Crippen molar-refractivity contribution < 1.29 is 14.8 Å². The minimum Gasteiger partial charge on any atom is -0.503 e. The molecule has 0 radical (unpaired) electrons. The van der Waals surface area contributed by atoms with Crippen molar-refractivity contribution in [3.63, 3.8) is 0 Å². The van der Waals surface area contributed by atoms with Crippen LogP contribution in [0, 0.1) is 21.4 Å². The molecule has 0 heterocycles. The van der Waals surface area contributed by atoms with Gasteiger partial charge in [-0.1, -0.05) is 23.7 Å². The van der Waals surface area contributed by atoms with Gasteiger partial charge in [0.05, 0.1) is 28.2 Å². The Morgan fingerprint density at radius 1 is 1.46 bits per heavy atom. The number of ether oxygens (including phenoxy) is 1. The number of hydrogen-bond donors (Lipinski definition) is 1. The summed E-state index contributed by atoms with van der Waals surface area (Å²) < 4.78 is 5.29. The van der Waals surface area contributed by atoms with Gasteiger partial charge < -0.3 is 9.84 Å². The van der Waals surface area contributed by atoms with E-state index in [0.29, 0.717) is 17.7 Å². The van der Waals surface area contributed by atoms with E-state index in [1.807, 2.05) is 6.07 Å². The van der Waals surface area contributed by atoms with E-state index in [0.717, 1.165) is 0 Å². The molecule has 0 saturated carbocycles. The predicted octanol–water partition coefficient (Wildman–Crippen LogP) is 4.42. The fourth-order valence-corrected chi connectivity index (χ4v) is 2.30. The number of phenolic OH excluding ortho intramolecular Hbond substituents is 1. The Balaban J connectivity index is 2.50. The lowest BCUT2D eigenvalue weighted by Crippen LogP contribution is -1.93. The van der Waals surface area contributed by atoms with Crippen LogP contribution in [0.15, 0.2) is 36.4 Å². The van der Waals surface area contributed by atoms with Gasteiger partial charge in [0.2, 0.25) is 0 Å². The number of phenols is 1. The van der Waals surface area contributed by atoms with Crippen molar-refractivity contribution in [3.05, 3.63) is 62.7 Å². The predicted molar refractivity (Wildman–Crippen MR) is 90.9 cm³/mol. The van der Waals surface area contributed by atoms with Crippen LogP contribution < -0.4 is 4.74 Å². The van der Waals surface area contributed by atoms with Gasteiger partial charge >= 0.3 is 0 Å². The average molecular weight is 345 g/mol. The van der Waals surface area contributed by atoms with Crippen molar-refractivity contribution in [2.75, 3.05) is 6.61 Å². The highest BCUT2D eigenvalue weighted by Gasteiger charge is 2.12. The number of halogens is 1. The molecule has 24 heavy (non-hydrogen) atoms. The van der Waals surface area contributed by atoms with Crippen LogP contribution in [0.4, 0.5) is 5.69 Å².